The van der Waals surface area contributed by atoms with E-state index in [9.17, 15) is 0 Å². The molecular formula is H4B2N2. The maximum atomic E-state index is 3.00. The molecule has 0 radical (unpaired) electrons. The van der Waals surface area contributed by atoms with E-state index in [-0.39, 0.29) is 0 Å². The summed E-state index contributed by atoms with van der Waals surface area (Å²) in [5.74, 6) is 0. The summed E-state index contributed by atoms with van der Waals surface area (Å²) in [4.78, 5) is 0. The Morgan fingerprint density at radius 1 is 1.00 bits per heavy atom. The fraction of sp³-hybridized carbons (Fsp3) is 0. The molecule has 0 bridgehead atoms. The maximum absolute atomic E-state index is 3.00. The minimum Gasteiger partial charge on any atom is -0.378 e. The van der Waals surface area contributed by atoms with Gasteiger partial charge in [-0.05, 0) is 0 Å². The molecule has 0 saturated carbocycles. The zero-order valence-corrected chi connectivity index (χ0v) is 2.41. The Kier molecular flexibility index (Phi) is 0.449. The first-order valence-corrected chi connectivity index (χ1v) is 1.41. The molecule has 0 aromatic heterocycles. The number of nitrogens with one attached hydrogen (secondary N) is 2. The maximum Gasteiger partial charge on any atom is 0.265 e. The molecular weight excluding hydrogens is 49.6 g/mol. The van der Waals surface area contributed by atoms with Crippen molar-refractivity contribution in [1.82, 2.24) is 10.3 Å². The highest BCUT2D eigenvalue weighted by molar-refractivity contribution is 6.65. The summed E-state index contributed by atoms with van der Waals surface area (Å²) in [6, 6.07) is 0. The fourth-order valence-electron chi connectivity index (χ4n) is 0.125. The highest BCUT2D eigenvalue weighted by atomic mass is 15.0. The number of hydrogen-bond acceptors (Lipinski definition) is 2. The molecule has 1 rings (SSSR count). The molecule has 1 aliphatic rings. The minimum absolute atomic E-state index is 1.00. The summed E-state index contributed by atoms with van der Waals surface area (Å²) in [7, 11) is 2.00. The van der Waals surface area contributed by atoms with Crippen molar-refractivity contribution in [3.05, 3.63) is 0 Å². The molecule has 4 heteroatoms. The number of hydrogen-bond donors (Lipinski definition) is 2. The lowest BCUT2D eigenvalue weighted by Gasteiger charge is -2.08. The Morgan fingerprint density at radius 2 is 1.25 bits per heavy atom. The van der Waals surface area contributed by atoms with Crippen molar-refractivity contribution in [3.63, 3.8) is 0 Å². The van der Waals surface area contributed by atoms with Gasteiger partial charge in [0.25, 0.3) is 15.1 Å². The lowest BCUT2D eigenvalue weighted by Crippen LogP contribution is -2.55. The van der Waals surface area contributed by atoms with Gasteiger partial charge in [0.05, 0.1) is 0 Å². The van der Waals surface area contributed by atoms with E-state index in [1.807, 2.05) is 0 Å². The minimum atomic E-state index is 1.00. The van der Waals surface area contributed by atoms with Crippen LogP contribution in [0.15, 0.2) is 0 Å². The average Bonchev–Trinajstić information content (AvgIpc) is 0.722. The Bertz CT molecular complexity index is 12.0. The van der Waals surface area contributed by atoms with Gasteiger partial charge in [-0.2, -0.15) is 0 Å². The lowest BCUT2D eigenvalue weighted by atomic mass is 9.85. The molecule has 1 fully saturated rings. The largest absolute Gasteiger partial charge is 0.378 e. The van der Waals surface area contributed by atoms with Crippen LogP contribution in [0.5, 0.6) is 0 Å². The molecule has 0 atom stereocenters. The van der Waals surface area contributed by atoms with Crippen molar-refractivity contribution < 1.29 is 0 Å². The standard InChI is InChI=1S/B2H4N2/c1-3-2-4-1/h1-4H. The molecule has 0 aromatic carbocycles. The van der Waals surface area contributed by atoms with Gasteiger partial charge in [-0.15, -0.1) is 0 Å². The van der Waals surface area contributed by atoms with Crippen LogP contribution in [0.3, 0.4) is 0 Å². The second kappa shape index (κ2) is 0.781. The quantitative estimate of drug-likeness (QED) is 0.304. The van der Waals surface area contributed by atoms with Crippen LogP contribution in [-0.2, 0) is 0 Å². The van der Waals surface area contributed by atoms with Gasteiger partial charge in [0.15, 0.2) is 0 Å². The molecule has 0 spiro atoms. The molecule has 2 N–H and O–H groups in total. The third-order valence-electron chi connectivity index (χ3n) is 0.500. The second-order valence-electron chi connectivity index (χ2n) is 0.854. The summed E-state index contributed by atoms with van der Waals surface area (Å²) < 4.78 is 0. The third-order valence-corrected chi connectivity index (χ3v) is 0.500. The van der Waals surface area contributed by atoms with Crippen LogP contribution in [-0.4, -0.2) is 15.1 Å². The first-order chi connectivity index (χ1) is 2.00. The molecule has 1 aliphatic heterocycles. The summed E-state index contributed by atoms with van der Waals surface area (Å²) in [6.45, 7) is 0. The molecule has 1 saturated heterocycles. The third kappa shape index (κ3) is 0.138. The molecule has 0 aromatic rings. The van der Waals surface area contributed by atoms with E-state index in [4.69, 9.17) is 0 Å². The van der Waals surface area contributed by atoms with E-state index in [0.717, 1.165) is 15.1 Å². The first-order valence-electron chi connectivity index (χ1n) is 1.41. The van der Waals surface area contributed by atoms with Crippen LogP contribution in [0.4, 0.5) is 0 Å². The van der Waals surface area contributed by atoms with E-state index in [1.165, 1.54) is 0 Å². The van der Waals surface area contributed by atoms with Crippen molar-refractivity contribution in [2.45, 2.75) is 0 Å². The molecule has 1 heterocycles. The Hall–Kier alpha value is 0.0499. The fourth-order valence-corrected chi connectivity index (χ4v) is 0.125. The Balaban J connectivity index is 2.00. The number of rotatable bonds is 0. The van der Waals surface area contributed by atoms with Gasteiger partial charge < -0.3 is 10.3 Å². The van der Waals surface area contributed by atoms with E-state index >= 15 is 0 Å². The normalized spacial score (nSPS) is 20.0. The molecule has 0 amide bonds. The van der Waals surface area contributed by atoms with Crippen molar-refractivity contribution in [2.75, 3.05) is 0 Å². The molecule has 20 valence electrons. The molecule has 0 aliphatic carbocycles. The van der Waals surface area contributed by atoms with Gasteiger partial charge in [0, 0.05) is 0 Å². The highest BCUT2D eigenvalue weighted by Gasteiger charge is 1.97. The van der Waals surface area contributed by atoms with E-state index < -0.39 is 0 Å². The van der Waals surface area contributed by atoms with E-state index in [2.05, 4.69) is 10.3 Å². The van der Waals surface area contributed by atoms with Crippen LogP contribution in [0.25, 0.3) is 0 Å². The van der Waals surface area contributed by atoms with Crippen LogP contribution >= 0.6 is 0 Å². The van der Waals surface area contributed by atoms with Gasteiger partial charge in [-0.3, -0.25) is 0 Å². The average molecular weight is 53.7 g/mol. The van der Waals surface area contributed by atoms with Gasteiger partial charge in [-0.25, -0.2) is 0 Å². The van der Waals surface area contributed by atoms with Gasteiger partial charge in [-0.1, -0.05) is 0 Å². The van der Waals surface area contributed by atoms with Crippen LogP contribution in [0.1, 0.15) is 0 Å². The Morgan fingerprint density at radius 3 is 1.25 bits per heavy atom. The first kappa shape index (κ1) is 2.30. The summed E-state index contributed by atoms with van der Waals surface area (Å²) in [5.41, 5.74) is 0. The SMILES string of the molecule is B1NBN1. The van der Waals surface area contributed by atoms with E-state index in [0.29, 0.717) is 0 Å². The van der Waals surface area contributed by atoms with E-state index in [1.54, 1.807) is 0 Å². The van der Waals surface area contributed by atoms with Crippen LogP contribution in [0.2, 0.25) is 0 Å². The topological polar surface area (TPSA) is 24.1 Å². The van der Waals surface area contributed by atoms with Crippen LogP contribution in [0, 0.1) is 0 Å². The predicted molar refractivity (Wildman–Crippen MR) is 20.6 cm³/mol. The summed E-state index contributed by atoms with van der Waals surface area (Å²) >= 11 is 0. The molecule has 0 unspecified atom stereocenters. The van der Waals surface area contributed by atoms with Gasteiger partial charge in [0.2, 0.25) is 0 Å². The van der Waals surface area contributed by atoms with Crippen molar-refractivity contribution in [1.29, 1.82) is 0 Å². The van der Waals surface area contributed by atoms with Crippen molar-refractivity contribution >= 4 is 15.1 Å². The van der Waals surface area contributed by atoms with Gasteiger partial charge in [0.1, 0.15) is 0 Å². The smallest absolute Gasteiger partial charge is 0.265 e. The lowest BCUT2D eigenvalue weighted by molar-refractivity contribution is 1.28. The summed E-state index contributed by atoms with van der Waals surface area (Å²) in [6.07, 6.45) is 0. The van der Waals surface area contributed by atoms with Gasteiger partial charge >= 0.3 is 0 Å². The van der Waals surface area contributed by atoms with Crippen LogP contribution < -0.4 is 10.3 Å². The molecule has 2 nitrogen and oxygen atoms in total. The molecule has 4 heavy (non-hydrogen) atoms. The Labute approximate surface area is 26.5 Å². The second-order valence-corrected chi connectivity index (χ2v) is 0.854. The summed E-state index contributed by atoms with van der Waals surface area (Å²) in [5, 5.41) is 6.00. The highest BCUT2D eigenvalue weighted by Crippen LogP contribution is 1.46. The predicted octanol–water partition coefficient (Wildman–Crippen LogP) is -2.29. The zero-order chi connectivity index (χ0) is 2.83. The van der Waals surface area contributed by atoms with Crippen molar-refractivity contribution in [2.24, 2.45) is 0 Å². The zero-order valence-electron chi connectivity index (χ0n) is 2.41. The monoisotopic (exact) mass is 54.1 g/mol. The van der Waals surface area contributed by atoms with Crippen molar-refractivity contribution in [3.8, 4) is 0 Å².